The van der Waals surface area contributed by atoms with Crippen molar-refractivity contribution >= 4 is 27.5 Å². The number of aryl methyl sites for hydroxylation is 1. The van der Waals surface area contributed by atoms with E-state index in [0.717, 1.165) is 6.54 Å². The van der Waals surface area contributed by atoms with E-state index in [-0.39, 0.29) is 5.56 Å². The lowest BCUT2D eigenvalue weighted by Crippen LogP contribution is -2.37. The van der Waals surface area contributed by atoms with E-state index in [9.17, 15) is 9.59 Å². The van der Waals surface area contributed by atoms with Crippen molar-refractivity contribution in [1.82, 2.24) is 14.9 Å². The molecule has 124 valence electrons. The van der Waals surface area contributed by atoms with E-state index in [1.807, 2.05) is 0 Å². The third-order valence-electron chi connectivity index (χ3n) is 4.51. The number of aromatic amines is 1. The summed E-state index contributed by atoms with van der Waals surface area (Å²) >= 11 is 1.22. The van der Waals surface area contributed by atoms with Gasteiger partial charge in [0.25, 0.3) is 5.56 Å². The minimum absolute atomic E-state index is 0.182. The number of fused-ring (bicyclic) bond motifs is 1. The standard InChI is InChI=1S/C16H21N3O3S/c1-9-6-4-5-7-19(9)8-11-17-14(20)12-10(2)13(16(21)22-3)23-15(12)18-11/h9H,4-8H2,1-3H3,(H,17,18,20)/t9-/m1/s1. The summed E-state index contributed by atoms with van der Waals surface area (Å²) in [6, 6.07) is 0.500. The highest BCUT2D eigenvalue weighted by Gasteiger charge is 2.22. The fourth-order valence-corrected chi connectivity index (χ4v) is 4.25. The van der Waals surface area contributed by atoms with Crippen molar-refractivity contribution in [3.8, 4) is 0 Å². The van der Waals surface area contributed by atoms with Crippen LogP contribution in [0.15, 0.2) is 4.79 Å². The zero-order valence-corrected chi connectivity index (χ0v) is 14.5. The van der Waals surface area contributed by atoms with Crippen LogP contribution in [-0.2, 0) is 11.3 Å². The molecular weight excluding hydrogens is 314 g/mol. The molecule has 0 radical (unpaired) electrons. The van der Waals surface area contributed by atoms with Gasteiger partial charge >= 0.3 is 5.97 Å². The normalized spacial score (nSPS) is 19.2. The van der Waals surface area contributed by atoms with Gasteiger partial charge in [-0.25, -0.2) is 9.78 Å². The predicted molar refractivity (Wildman–Crippen MR) is 90.0 cm³/mol. The van der Waals surface area contributed by atoms with Crippen LogP contribution >= 0.6 is 11.3 Å². The first-order valence-electron chi connectivity index (χ1n) is 7.86. The number of rotatable bonds is 3. The zero-order valence-electron chi connectivity index (χ0n) is 13.6. The number of hydrogen-bond acceptors (Lipinski definition) is 6. The van der Waals surface area contributed by atoms with Crippen LogP contribution in [0.5, 0.6) is 0 Å². The van der Waals surface area contributed by atoms with E-state index in [1.54, 1.807) is 6.92 Å². The lowest BCUT2D eigenvalue weighted by molar-refractivity contribution is 0.0605. The van der Waals surface area contributed by atoms with Gasteiger partial charge in [-0.3, -0.25) is 9.69 Å². The molecule has 1 aliphatic heterocycles. The van der Waals surface area contributed by atoms with Crippen LogP contribution in [0, 0.1) is 6.92 Å². The molecule has 1 atom stereocenters. The smallest absolute Gasteiger partial charge is 0.348 e. The summed E-state index contributed by atoms with van der Waals surface area (Å²) in [5, 5.41) is 0.492. The van der Waals surface area contributed by atoms with Gasteiger partial charge in [0.05, 0.1) is 19.0 Å². The quantitative estimate of drug-likeness (QED) is 0.872. The van der Waals surface area contributed by atoms with Crippen LogP contribution < -0.4 is 5.56 Å². The number of thiophene rings is 1. The van der Waals surface area contributed by atoms with E-state index in [1.165, 1.54) is 37.7 Å². The van der Waals surface area contributed by atoms with Crippen molar-refractivity contribution in [1.29, 1.82) is 0 Å². The summed E-state index contributed by atoms with van der Waals surface area (Å²) in [4.78, 5) is 35.1. The lowest BCUT2D eigenvalue weighted by atomic mass is 10.0. The molecule has 1 fully saturated rings. The Morgan fingerprint density at radius 1 is 1.48 bits per heavy atom. The van der Waals surface area contributed by atoms with Crippen LogP contribution in [0.1, 0.15) is 47.2 Å². The number of piperidine rings is 1. The first-order valence-corrected chi connectivity index (χ1v) is 8.67. The second-order valence-electron chi connectivity index (χ2n) is 6.06. The average molecular weight is 335 g/mol. The molecule has 2 aromatic rings. The van der Waals surface area contributed by atoms with Gasteiger partial charge in [0.2, 0.25) is 0 Å². The highest BCUT2D eigenvalue weighted by Crippen LogP contribution is 2.28. The fourth-order valence-electron chi connectivity index (χ4n) is 3.14. The van der Waals surface area contributed by atoms with E-state index in [2.05, 4.69) is 21.8 Å². The van der Waals surface area contributed by atoms with Gasteiger partial charge in [0, 0.05) is 6.04 Å². The van der Waals surface area contributed by atoms with Crippen molar-refractivity contribution in [3.05, 3.63) is 26.6 Å². The molecule has 1 aliphatic rings. The lowest BCUT2D eigenvalue weighted by Gasteiger charge is -2.32. The second-order valence-corrected chi connectivity index (χ2v) is 7.05. The summed E-state index contributed by atoms with van der Waals surface area (Å²) in [7, 11) is 1.34. The molecule has 0 aliphatic carbocycles. The van der Waals surface area contributed by atoms with Crippen molar-refractivity contribution in [3.63, 3.8) is 0 Å². The molecule has 23 heavy (non-hydrogen) atoms. The maximum atomic E-state index is 12.4. The number of nitrogens with zero attached hydrogens (tertiary/aromatic N) is 2. The number of H-pyrrole nitrogens is 1. The van der Waals surface area contributed by atoms with Crippen molar-refractivity contribution in [2.24, 2.45) is 0 Å². The molecule has 1 N–H and O–H groups in total. The van der Waals surface area contributed by atoms with E-state index in [0.29, 0.717) is 39.1 Å². The Hall–Kier alpha value is -1.73. The molecule has 0 aromatic carbocycles. The van der Waals surface area contributed by atoms with Crippen LogP contribution in [-0.4, -0.2) is 40.5 Å². The van der Waals surface area contributed by atoms with Crippen molar-refractivity contribution in [2.45, 2.75) is 45.7 Å². The molecule has 0 saturated carbocycles. The van der Waals surface area contributed by atoms with Gasteiger partial charge in [-0.2, -0.15) is 0 Å². The summed E-state index contributed by atoms with van der Waals surface area (Å²) in [5.74, 6) is 0.241. The topological polar surface area (TPSA) is 75.3 Å². The van der Waals surface area contributed by atoms with Crippen LogP contribution in [0.2, 0.25) is 0 Å². The molecule has 0 unspecified atom stereocenters. The molecule has 2 aromatic heterocycles. The Balaban J connectivity index is 1.97. The summed E-state index contributed by atoms with van der Waals surface area (Å²) in [5.41, 5.74) is 0.460. The monoisotopic (exact) mass is 335 g/mol. The van der Waals surface area contributed by atoms with Gasteiger partial charge in [0.1, 0.15) is 15.5 Å². The van der Waals surface area contributed by atoms with E-state index < -0.39 is 5.97 Å². The molecule has 0 amide bonds. The van der Waals surface area contributed by atoms with Crippen molar-refractivity contribution in [2.75, 3.05) is 13.7 Å². The Morgan fingerprint density at radius 3 is 2.96 bits per heavy atom. The Kier molecular flexibility index (Phi) is 4.50. The molecule has 0 bridgehead atoms. The number of aromatic nitrogens is 2. The molecule has 0 spiro atoms. The first-order chi connectivity index (χ1) is 11.0. The zero-order chi connectivity index (χ0) is 16.6. The molecule has 3 rings (SSSR count). The number of methoxy groups -OCH3 is 1. The van der Waals surface area contributed by atoms with Gasteiger partial charge in [-0.1, -0.05) is 6.42 Å². The Morgan fingerprint density at radius 2 is 2.26 bits per heavy atom. The summed E-state index contributed by atoms with van der Waals surface area (Å²) in [6.45, 7) is 5.63. The largest absolute Gasteiger partial charge is 0.465 e. The van der Waals surface area contributed by atoms with Crippen molar-refractivity contribution < 1.29 is 9.53 Å². The number of esters is 1. The van der Waals surface area contributed by atoms with E-state index in [4.69, 9.17) is 4.74 Å². The summed E-state index contributed by atoms with van der Waals surface area (Å²) < 4.78 is 4.78. The fraction of sp³-hybridized carbons (Fsp3) is 0.562. The second kappa shape index (κ2) is 6.41. The number of hydrogen-bond donors (Lipinski definition) is 1. The number of carbonyl (C=O) groups excluding carboxylic acids is 1. The third-order valence-corrected chi connectivity index (χ3v) is 5.68. The maximum absolute atomic E-state index is 12.4. The third kappa shape index (κ3) is 3.03. The highest BCUT2D eigenvalue weighted by atomic mass is 32.1. The maximum Gasteiger partial charge on any atom is 0.348 e. The Bertz CT molecular complexity index is 796. The minimum Gasteiger partial charge on any atom is -0.465 e. The Labute approximate surface area is 138 Å². The number of nitrogens with one attached hydrogen (secondary N) is 1. The molecule has 1 saturated heterocycles. The van der Waals surface area contributed by atoms with Crippen LogP contribution in [0.3, 0.4) is 0 Å². The number of likely N-dealkylation sites (tertiary alicyclic amines) is 1. The van der Waals surface area contributed by atoms with Gasteiger partial charge in [0.15, 0.2) is 0 Å². The van der Waals surface area contributed by atoms with Gasteiger partial charge in [-0.15, -0.1) is 11.3 Å². The minimum atomic E-state index is -0.420. The first kappa shape index (κ1) is 16.1. The number of carbonyl (C=O) groups is 1. The molecule has 7 heteroatoms. The molecular formula is C16H21N3O3S. The van der Waals surface area contributed by atoms with Crippen LogP contribution in [0.25, 0.3) is 10.2 Å². The molecule has 6 nitrogen and oxygen atoms in total. The van der Waals surface area contributed by atoms with E-state index >= 15 is 0 Å². The SMILES string of the molecule is COC(=O)c1sc2nc(CN3CCCC[C@H]3C)[nH]c(=O)c2c1C. The summed E-state index contributed by atoms with van der Waals surface area (Å²) in [6.07, 6.45) is 3.62. The molecule has 3 heterocycles. The predicted octanol–water partition coefficient (Wildman–Crippen LogP) is 2.45. The highest BCUT2D eigenvalue weighted by molar-refractivity contribution is 7.20. The van der Waals surface area contributed by atoms with Gasteiger partial charge in [-0.05, 0) is 38.8 Å². The number of ether oxygens (including phenoxy) is 1. The van der Waals surface area contributed by atoms with Crippen LogP contribution in [0.4, 0.5) is 0 Å². The van der Waals surface area contributed by atoms with Gasteiger partial charge < -0.3 is 9.72 Å². The average Bonchev–Trinajstić information content (AvgIpc) is 2.86.